The van der Waals surface area contributed by atoms with Crippen LogP contribution in [-0.4, -0.2) is 9.57 Å². The van der Waals surface area contributed by atoms with Gasteiger partial charge in [0.25, 0.3) is 0 Å². The molecule has 0 aromatic heterocycles. The van der Waals surface area contributed by atoms with Gasteiger partial charge in [-0.05, 0) is 0 Å². The SMILES string of the molecule is NC(=S)SC1C=CC=C1. The highest BCUT2D eigenvalue weighted by molar-refractivity contribution is 8.23. The summed E-state index contributed by atoms with van der Waals surface area (Å²) in [6.45, 7) is 0. The van der Waals surface area contributed by atoms with Crippen LogP contribution in [0.25, 0.3) is 0 Å². The van der Waals surface area contributed by atoms with E-state index in [9.17, 15) is 0 Å². The summed E-state index contributed by atoms with van der Waals surface area (Å²) in [5, 5.41) is 0.377. The second-order valence-corrected chi connectivity index (χ2v) is 3.59. The second-order valence-electron chi connectivity index (χ2n) is 1.67. The normalized spacial score (nSPS) is 16.9. The van der Waals surface area contributed by atoms with E-state index in [-0.39, 0.29) is 0 Å². The lowest BCUT2D eigenvalue weighted by Crippen LogP contribution is -2.06. The van der Waals surface area contributed by atoms with E-state index in [1.54, 1.807) is 0 Å². The molecule has 0 unspecified atom stereocenters. The molecule has 2 N–H and O–H groups in total. The molecule has 48 valence electrons. The van der Waals surface area contributed by atoms with E-state index in [0.717, 1.165) is 0 Å². The minimum absolute atomic E-state index is 0.377. The first-order chi connectivity index (χ1) is 4.29. The lowest BCUT2D eigenvalue weighted by Gasteiger charge is -1.99. The Hall–Kier alpha value is -0.280. The lowest BCUT2D eigenvalue weighted by molar-refractivity contribution is 1.48. The van der Waals surface area contributed by atoms with Crippen molar-refractivity contribution in [1.29, 1.82) is 0 Å². The van der Waals surface area contributed by atoms with Crippen LogP contribution >= 0.6 is 24.0 Å². The van der Waals surface area contributed by atoms with Crippen molar-refractivity contribution in [2.75, 3.05) is 0 Å². The van der Waals surface area contributed by atoms with Crippen LogP contribution in [-0.2, 0) is 0 Å². The summed E-state index contributed by atoms with van der Waals surface area (Å²) in [6, 6.07) is 0. The zero-order valence-electron chi connectivity index (χ0n) is 4.78. The van der Waals surface area contributed by atoms with E-state index in [2.05, 4.69) is 12.2 Å². The fraction of sp³-hybridized carbons (Fsp3) is 0.167. The van der Waals surface area contributed by atoms with Crippen molar-refractivity contribution < 1.29 is 0 Å². The highest BCUT2D eigenvalue weighted by Gasteiger charge is 2.03. The van der Waals surface area contributed by atoms with Gasteiger partial charge in [0.05, 0.1) is 0 Å². The number of hydrogen-bond donors (Lipinski definition) is 1. The summed E-state index contributed by atoms with van der Waals surface area (Å²) in [5.74, 6) is 0. The molecule has 0 amide bonds. The number of nitrogens with two attached hydrogens (primary N) is 1. The van der Waals surface area contributed by atoms with Gasteiger partial charge in [-0.15, -0.1) is 0 Å². The fourth-order valence-electron chi connectivity index (χ4n) is 0.624. The van der Waals surface area contributed by atoms with Crippen LogP contribution in [0.3, 0.4) is 0 Å². The molecule has 1 aliphatic carbocycles. The van der Waals surface area contributed by atoms with Gasteiger partial charge in [-0.1, -0.05) is 48.3 Å². The molecule has 0 saturated carbocycles. The molecule has 1 nitrogen and oxygen atoms in total. The molecule has 1 aliphatic rings. The predicted molar refractivity (Wildman–Crippen MR) is 46.4 cm³/mol. The van der Waals surface area contributed by atoms with Gasteiger partial charge in [0, 0.05) is 5.25 Å². The maximum atomic E-state index is 5.30. The summed E-state index contributed by atoms with van der Waals surface area (Å²) in [5.41, 5.74) is 5.30. The van der Waals surface area contributed by atoms with Crippen LogP contribution in [0.2, 0.25) is 0 Å². The number of thioether (sulfide) groups is 1. The van der Waals surface area contributed by atoms with E-state index in [0.29, 0.717) is 9.57 Å². The molecule has 0 heterocycles. The van der Waals surface area contributed by atoms with E-state index in [1.807, 2.05) is 12.2 Å². The van der Waals surface area contributed by atoms with Crippen molar-refractivity contribution in [2.24, 2.45) is 5.73 Å². The zero-order valence-corrected chi connectivity index (χ0v) is 6.41. The third-order valence-corrected chi connectivity index (χ3v) is 2.07. The molecule has 0 aromatic carbocycles. The van der Waals surface area contributed by atoms with Crippen LogP contribution in [0.5, 0.6) is 0 Å². The summed E-state index contributed by atoms with van der Waals surface area (Å²) in [7, 11) is 0. The van der Waals surface area contributed by atoms with Gasteiger partial charge in [-0.3, -0.25) is 0 Å². The van der Waals surface area contributed by atoms with Crippen LogP contribution in [0.15, 0.2) is 24.3 Å². The minimum atomic E-state index is 0.377. The zero-order chi connectivity index (χ0) is 6.69. The van der Waals surface area contributed by atoms with Crippen LogP contribution in [0, 0.1) is 0 Å². The van der Waals surface area contributed by atoms with Crippen LogP contribution in [0.4, 0.5) is 0 Å². The number of allylic oxidation sites excluding steroid dienone is 2. The van der Waals surface area contributed by atoms with E-state index in [1.165, 1.54) is 11.8 Å². The van der Waals surface area contributed by atoms with E-state index < -0.39 is 0 Å². The van der Waals surface area contributed by atoms with Crippen molar-refractivity contribution >= 4 is 28.3 Å². The van der Waals surface area contributed by atoms with E-state index in [4.69, 9.17) is 18.0 Å². The van der Waals surface area contributed by atoms with Gasteiger partial charge < -0.3 is 5.73 Å². The molecule has 0 aliphatic heterocycles. The molecular weight excluding hydrogens is 150 g/mol. The van der Waals surface area contributed by atoms with Crippen molar-refractivity contribution in [3.8, 4) is 0 Å². The molecular formula is C6H7NS2. The minimum Gasteiger partial charge on any atom is -0.385 e. The first-order valence-corrected chi connectivity index (χ1v) is 3.89. The number of rotatable bonds is 1. The number of thiocarbonyl (C=S) groups is 1. The standard InChI is InChI=1S/C6H7NS2/c7-6(8)9-5-3-1-2-4-5/h1-5H,(H2,7,8). The van der Waals surface area contributed by atoms with Gasteiger partial charge in [-0.2, -0.15) is 0 Å². The fourth-order valence-corrected chi connectivity index (χ4v) is 1.56. The summed E-state index contributed by atoms with van der Waals surface area (Å²) >= 11 is 6.20. The summed E-state index contributed by atoms with van der Waals surface area (Å²) < 4.78 is 0.510. The highest BCUT2D eigenvalue weighted by Crippen LogP contribution is 2.17. The molecule has 0 radical (unpaired) electrons. The Bertz CT molecular complexity index is 160. The average Bonchev–Trinajstić information content (AvgIpc) is 2.15. The highest BCUT2D eigenvalue weighted by atomic mass is 32.2. The molecule has 0 atom stereocenters. The molecule has 3 heteroatoms. The quantitative estimate of drug-likeness (QED) is 0.584. The molecule has 0 aromatic rings. The monoisotopic (exact) mass is 157 g/mol. The average molecular weight is 157 g/mol. The molecule has 0 bridgehead atoms. The predicted octanol–water partition coefficient (Wildman–Crippen LogP) is 1.46. The van der Waals surface area contributed by atoms with Gasteiger partial charge in [-0.25, -0.2) is 0 Å². The van der Waals surface area contributed by atoms with Crippen molar-refractivity contribution in [3.63, 3.8) is 0 Å². The summed E-state index contributed by atoms with van der Waals surface area (Å²) in [4.78, 5) is 0. The maximum absolute atomic E-state index is 5.30. The topological polar surface area (TPSA) is 26.0 Å². The van der Waals surface area contributed by atoms with E-state index >= 15 is 0 Å². The molecule has 9 heavy (non-hydrogen) atoms. The Morgan fingerprint density at radius 2 is 2.00 bits per heavy atom. The lowest BCUT2D eigenvalue weighted by atomic mass is 10.5. The Morgan fingerprint density at radius 3 is 2.44 bits per heavy atom. The summed E-state index contributed by atoms with van der Waals surface area (Å²) in [6.07, 6.45) is 8.11. The first kappa shape index (κ1) is 6.83. The maximum Gasteiger partial charge on any atom is 0.132 e. The first-order valence-electron chi connectivity index (χ1n) is 2.60. The third-order valence-electron chi connectivity index (χ3n) is 0.965. The third kappa shape index (κ3) is 2.20. The molecule has 1 rings (SSSR count). The Balaban J connectivity index is 2.37. The molecule has 0 fully saturated rings. The largest absolute Gasteiger partial charge is 0.385 e. The Kier molecular flexibility index (Phi) is 2.30. The Labute approximate surface area is 64.0 Å². The van der Waals surface area contributed by atoms with Gasteiger partial charge >= 0.3 is 0 Å². The smallest absolute Gasteiger partial charge is 0.132 e. The second kappa shape index (κ2) is 3.03. The van der Waals surface area contributed by atoms with Crippen molar-refractivity contribution in [2.45, 2.75) is 5.25 Å². The van der Waals surface area contributed by atoms with Crippen LogP contribution < -0.4 is 5.73 Å². The van der Waals surface area contributed by atoms with Crippen LogP contribution in [0.1, 0.15) is 0 Å². The number of hydrogen-bond acceptors (Lipinski definition) is 2. The van der Waals surface area contributed by atoms with Gasteiger partial charge in [0.15, 0.2) is 0 Å². The van der Waals surface area contributed by atoms with Gasteiger partial charge in [0.2, 0.25) is 0 Å². The Morgan fingerprint density at radius 1 is 1.44 bits per heavy atom. The molecule has 0 saturated heterocycles. The van der Waals surface area contributed by atoms with Crippen molar-refractivity contribution in [1.82, 2.24) is 0 Å². The van der Waals surface area contributed by atoms with Gasteiger partial charge in [0.1, 0.15) is 4.32 Å². The van der Waals surface area contributed by atoms with Crippen molar-refractivity contribution in [3.05, 3.63) is 24.3 Å². The molecule has 0 spiro atoms.